The summed E-state index contributed by atoms with van der Waals surface area (Å²) in [4.78, 5) is 37.8. The molecule has 0 aliphatic rings. The molecule has 0 aliphatic carbocycles. The van der Waals surface area contributed by atoms with Gasteiger partial charge in [0.2, 0.25) is 0 Å². The summed E-state index contributed by atoms with van der Waals surface area (Å²) < 4.78 is 16.7. The Kier molecular flexibility index (Phi) is 44.4. The van der Waals surface area contributed by atoms with E-state index in [1.54, 1.807) is 0 Å². The van der Waals surface area contributed by atoms with Crippen molar-refractivity contribution in [2.75, 3.05) is 13.2 Å². The number of hydrogen-bond acceptors (Lipinski definition) is 6. The predicted molar refractivity (Wildman–Crippen MR) is 242 cm³/mol. The van der Waals surface area contributed by atoms with Crippen LogP contribution in [0.4, 0.5) is 0 Å². The summed E-state index contributed by atoms with van der Waals surface area (Å²) in [5.41, 5.74) is 0. The van der Waals surface area contributed by atoms with Crippen LogP contribution in [0.15, 0.2) is 36.5 Å². The second-order valence-corrected chi connectivity index (χ2v) is 16.4. The number of ether oxygens (including phenoxy) is 3. The van der Waals surface area contributed by atoms with E-state index in [0.29, 0.717) is 19.3 Å². The molecule has 0 aliphatic heterocycles. The fraction of sp³-hybridized carbons (Fsp3) is 0.824. The topological polar surface area (TPSA) is 78.9 Å². The molecule has 332 valence electrons. The molecule has 0 radical (unpaired) electrons. The van der Waals surface area contributed by atoms with E-state index in [2.05, 4.69) is 57.2 Å². The van der Waals surface area contributed by atoms with Crippen molar-refractivity contribution in [3.63, 3.8) is 0 Å². The largest absolute Gasteiger partial charge is 0.462 e. The summed E-state index contributed by atoms with van der Waals surface area (Å²) in [6, 6.07) is 0. The molecule has 57 heavy (non-hydrogen) atoms. The van der Waals surface area contributed by atoms with Gasteiger partial charge in [-0.25, -0.2) is 0 Å². The Morgan fingerprint density at radius 3 is 1.04 bits per heavy atom. The monoisotopic (exact) mass is 801 g/mol. The van der Waals surface area contributed by atoms with E-state index < -0.39 is 6.10 Å². The quantitative estimate of drug-likeness (QED) is 0.0201. The number of esters is 3. The van der Waals surface area contributed by atoms with Gasteiger partial charge >= 0.3 is 17.9 Å². The average molecular weight is 801 g/mol. The molecule has 0 saturated heterocycles. The fourth-order valence-electron chi connectivity index (χ4n) is 6.90. The molecule has 0 aromatic rings. The van der Waals surface area contributed by atoms with E-state index >= 15 is 0 Å². The molecule has 0 rings (SSSR count). The highest BCUT2D eigenvalue weighted by atomic mass is 16.6. The molecular weight excluding hydrogens is 709 g/mol. The van der Waals surface area contributed by atoms with E-state index in [-0.39, 0.29) is 31.1 Å². The maximum atomic E-state index is 12.7. The van der Waals surface area contributed by atoms with Crippen LogP contribution in [-0.4, -0.2) is 37.2 Å². The number of carbonyl (C=O) groups is 3. The maximum absolute atomic E-state index is 12.7. The van der Waals surface area contributed by atoms with Gasteiger partial charge in [-0.3, -0.25) is 14.4 Å². The standard InChI is InChI=1S/C51H92O6/c1-4-7-10-13-16-19-21-23-25-27-29-32-35-38-41-44-50(53)56-47-48(46-55-49(52)43-40-37-34-31-18-15-12-9-6-3)57-51(54)45-42-39-36-33-30-28-26-24-22-20-17-14-11-8-5-2/h16,19-23,48H,4-15,17-18,24-47H2,1-3H3/b19-16-,22-20-,23-21-. The van der Waals surface area contributed by atoms with Gasteiger partial charge in [0.25, 0.3) is 0 Å². The van der Waals surface area contributed by atoms with Crippen molar-refractivity contribution in [2.45, 2.75) is 258 Å². The van der Waals surface area contributed by atoms with E-state index in [4.69, 9.17) is 14.2 Å². The Hall–Kier alpha value is -2.37. The summed E-state index contributed by atoms with van der Waals surface area (Å²) in [5, 5.41) is 0. The molecule has 0 bridgehead atoms. The van der Waals surface area contributed by atoms with E-state index in [1.165, 1.54) is 148 Å². The van der Waals surface area contributed by atoms with Gasteiger partial charge in [0.15, 0.2) is 6.10 Å². The van der Waals surface area contributed by atoms with Crippen molar-refractivity contribution in [1.29, 1.82) is 0 Å². The van der Waals surface area contributed by atoms with Crippen molar-refractivity contribution in [3.8, 4) is 0 Å². The van der Waals surface area contributed by atoms with Gasteiger partial charge < -0.3 is 14.2 Å². The van der Waals surface area contributed by atoms with Gasteiger partial charge in [0.05, 0.1) is 0 Å². The van der Waals surface area contributed by atoms with Gasteiger partial charge in [-0.05, 0) is 70.6 Å². The first-order chi connectivity index (χ1) is 28.0. The Bertz CT molecular complexity index is 969. The predicted octanol–water partition coefficient (Wildman–Crippen LogP) is 15.8. The first-order valence-electron chi connectivity index (χ1n) is 24.5. The highest BCUT2D eigenvalue weighted by Gasteiger charge is 2.19. The lowest BCUT2D eigenvalue weighted by atomic mass is 10.1. The lowest BCUT2D eigenvalue weighted by Gasteiger charge is -2.18. The summed E-state index contributed by atoms with van der Waals surface area (Å²) >= 11 is 0. The third-order valence-electron chi connectivity index (χ3n) is 10.6. The SMILES string of the molecule is CCCCC/C=C\C=C/CCCCCCCCC(=O)OCC(COC(=O)CCCCCCCCCCC)OC(=O)CCCCCCCCC/C=C\CCCCCC. The Morgan fingerprint density at radius 1 is 0.351 bits per heavy atom. The van der Waals surface area contributed by atoms with Crippen LogP contribution in [-0.2, 0) is 28.6 Å². The van der Waals surface area contributed by atoms with Crippen LogP contribution in [0.25, 0.3) is 0 Å². The molecule has 0 fully saturated rings. The number of hydrogen-bond donors (Lipinski definition) is 0. The highest BCUT2D eigenvalue weighted by molar-refractivity contribution is 5.71. The van der Waals surface area contributed by atoms with Crippen molar-refractivity contribution in [3.05, 3.63) is 36.5 Å². The molecule has 0 saturated carbocycles. The van der Waals surface area contributed by atoms with E-state index in [0.717, 1.165) is 64.2 Å². The normalized spacial score (nSPS) is 12.3. The molecule has 0 amide bonds. The molecule has 0 aromatic carbocycles. The lowest BCUT2D eigenvalue weighted by molar-refractivity contribution is -0.167. The van der Waals surface area contributed by atoms with E-state index in [9.17, 15) is 14.4 Å². The molecule has 0 N–H and O–H groups in total. The van der Waals surface area contributed by atoms with Gasteiger partial charge in [0.1, 0.15) is 13.2 Å². The Morgan fingerprint density at radius 2 is 0.632 bits per heavy atom. The first kappa shape index (κ1) is 54.6. The Labute approximate surface area is 353 Å². The third-order valence-corrected chi connectivity index (χ3v) is 10.6. The minimum absolute atomic E-state index is 0.0756. The molecule has 1 unspecified atom stereocenters. The van der Waals surface area contributed by atoms with Crippen LogP contribution in [0, 0.1) is 0 Å². The van der Waals surface area contributed by atoms with Gasteiger partial charge in [-0.1, -0.05) is 198 Å². The number of unbranched alkanes of at least 4 members (excludes halogenated alkanes) is 28. The fourth-order valence-corrected chi connectivity index (χ4v) is 6.90. The van der Waals surface area contributed by atoms with Crippen LogP contribution in [0.5, 0.6) is 0 Å². The molecule has 6 nitrogen and oxygen atoms in total. The van der Waals surface area contributed by atoms with Crippen LogP contribution in [0.3, 0.4) is 0 Å². The summed E-state index contributed by atoms with van der Waals surface area (Å²) in [6.45, 7) is 6.57. The van der Waals surface area contributed by atoms with Gasteiger partial charge in [-0.2, -0.15) is 0 Å². The van der Waals surface area contributed by atoms with Gasteiger partial charge in [-0.15, -0.1) is 0 Å². The Balaban J connectivity index is 4.35. The smallest absolute Gasteiger partial charge is 0.306 e. The molecule has 6 heteroatoms. The van der Waals surface area contributed by atoms with E-state index in [1.807, 2.05) is 0 Å². The summed E-state index contributed by atoms with van der Waals surface area (Å²) in [6.07, 6.45) is 52.6. The maximum Gasteiger partial charge on any atom is 0.306 e. The summed E-state index contributed by atoms with van der Waals surface area (Å²) in [7, 11) is 0. The molecule has 0 aromatic heterocycles. The minimum Gasteiger partial charge on any atom is -0.462 e. The number of rotatable bonds is 44. The first-order valence-corrected chi connectivity index (χ1v) is 24.5. The molecular formula is C51H92O6. The second-order valence-electron chi connectivity index (χ2n) is 16.4. The molecule has 0 heterocycles. The van der Waals surface area contributed by atoms with Crippen LogP contribution < -0.4 is 0 Å². The molecule has 1 atom stereocenters. The number of allylic oxidation sites excluding steroid dienone is 6. The third kappa shape index (κ3) is 44.6. The van der Waals surface area contributed by atoms with Crippen molar-refractivity contribution in [2.24, 2.45) is 0 Å². The summed E-state index contributed by atoms with van der Waals surface area (Å²) in [5.74, 6) is -0.889. The zero-order valence-corrected chi connectivity index (χ0v) is 37.9. The van der Waals surface area contributed by atoms with Gasteiger partial charge in [0, 0.05) is 19.3 Å². The lowest BCUT2D eigenvalue weighted by Crippen LogP contribution is -2.30. The minimum atomic E-state index is -0.774. The van der Waals surface area contributed by atoms with Crippen LogP contribution >= 0.6 is 0 Å². The number of carbonyl (C=O) groups excluding carboxylic acids is 3. The van der Waals surface area contributed by atoms with Crippen LogP contribution in [0.2, 0.25) is 0 Å². The zero-order valence-electron chi connectivity index (χ0n) is 37.9. The molecule has 0 spiro atoms. The van der Waals surface area contributed by atoms with Crippen molar-refractivity contribution >= 4 is 17.9 Å². The highest BCUT2D eigenvalue weighted by Crippen LogP contribution is 2.14. The van der Waals surface area contributed by atoms with Crippen LogP contribution in [0.1, 0.15) is 252 Å². The van der Waals surface area contributed by atoms with Crippen molar-refractivity contribution in [1.82, 2.24) is 0 Å². The van der Waals surface area contributed by atoms with Crippen molar-refractivity contribution < 1.29 is 28.6 Å². The second kappa shape index (κ2) is 46.3. The zero-order chi connectivity index (χ0) is 41.5. The average Bonchev–Trinajstić information content (AvgIpc) is 3.21.